The number of carbonyl (C=O) groups is 2. The van der Waals surface area contributed by atoms with Crippen LogP contribution in [0.5, 0.6) is 0 Å². The highest BCUT2D eigenvalue weighted by atomic mass is 16.2. The monoisotopic (exact) mass is 295 g/mol. The Morgan fingerprint density at radius 2 is 2.14 bits per heavy atom. The van der Waals surface area contributed by atoms with Gasteiger partial charge in [-0.05, 0) is 12.8 Å². The minimum absolute atomic E-state index is 0.0344. The molecule has 1 rings (SSSR count). The molecule has 2 amide bonds. The molecule has 0 radical (unpaired) electrons. The van der Waals surface area contributed by atoms with Crippen LogP contribution in [0.3, 0.4) is 0 Å². The van der Waals surface area contributed by atoms with Crippen LogP contribution in [0.25, 0.3) is 0 Å². The number of nitrogens with zero attached hydrogens (tertiary/aromatic N) is 3. The maximum absolute atomic E-state index is 12.1. The summed E-state index contributed by atoms with van der Waals surface area (Å²) < 4.78 is 1.69. The summed E-state index contributed by atoms with van der Waals surface area (Å²) in [5.41, 5.74) is 6.69. The van der Waals surface area contributed by atoms with Crippen molar-refractivity contribution in [3.05, 3.63) is 18.0 Å². The molecule has 0 aromatic carbocycles. The van der Waals surface area contributed by atoms with Crippen molar-refractivity contribution >= 4 is 11.8 Å². The molecular formula is C14H25N5O2. The van der Waals surface area contributed by atoms with Crippen LogP contribution < -0.4 is 11.1 Å². The zero-order valence-electron chi connectivity index (χ0n) is 13.2. The smallest absolute Gasteiger partial charge is 0.242 e. The molecule has 0 aliphatic heterocycles. The number of aryl methyl sites for hydroxylation is 1. The van der Waals surface area contributed by atoms with Gasteiger partial charge in [0, 0.05) is 31.9 Å². The second-order valence-corrected chi connectivity index (χ2v) is 5.42. The van der Waals surface area contributed by atoms with E-state index in [-0.39, 0.29) is 24.3 Å². The van der Waals surface area contributed by atoms with Gasteiger partial charge in [-0.15, -0.1) is 0 Å². The maximum Gasteiger partial charge on any atom is 0.242 e. The van der Waals surface area contributed by atoms with Crippen LogP contribution in [-0.2, 0) is 23.2 Å². The van der Waals surface area contributed by atoms with Crippen molar-refractivity contribution in [1.82, 2.24) is 20.0 Å². The first kappa shape index (κ1) is 17.2. The predicted molar refractivity (Wildman–Crippen MR) is 80.1 cm³/mol. The van der Waals surface area contributed by atoms with Crippen LogP contribution in [0, 0.1) is 5.92 Å². The fourth-order valence-electron chi connectivity index (χ4n) is 1.85. The molecule has 0 spiro atoms. The Morgan fingerprint density at radius 3 is 2.62 bits per heavy atom. The highest BCUT2D eigenvalue weighted by molar-refractivity contribution is 5.87. The quantitative estimate of drug-likeness (QED) is 0.732. The average Bonchev–Trinajstić information content (AvgIpc) is 2.86. The van der Waals surface area contributed by atoms with Crippen LogP contribution in [0.2, 0.25) is 0 Å². The molecule has 0 saturated carbocycles. The van der Waals surface area contributed by atoms with Crippen LogP contribution in [0.15, 0.2) is 12.4 Å². The number of nitrogens with one attached hydrogen (secondary N) is 1. The van der Waals surface area contributed by atoms with Gasteiger partial charge in [0.05, 0.1) is 18.8 Å². The molecule has 21 heavy (non-hydrogen) atoms. The summed E-state index contributed by atoms with van der Waals surface area (Å²) in [6, 6.07) is -0.591. The summed E-state index contributed by atoms with van der Waals surface area (Å²) in [5.74, 6) is -0.390. The van der Waals surface area contributed by atoms with Gasteiger partial charge in [0.25, 0.3) is 0 Å². The zero-order valence-corrected chi connectivity index (χ0v) is 13.2. The number of amides is 2. The first-order chi connectivity index (χ1) is 9.85. The Bertz CT molecular complexity index is 483. The molecule has 7 nitrogen and oxygen atoms in total. The molecule has 1 aromatic heterocycles. The Labute approximate surface area is 125 Å². The van der Waals surface area contributed by atoms with Crippen LogP contribution in [0.4, 0.5) is 0 Å². The standard InChI is InChI=1S/C14H25N5O2/c1-5-19(9-11-6-17-18(4)8-11)12(20)7-16-14(21)13(15)10(2)3/h6,8,10,13H,5,7,9,15H2,1-4H3,(H,16,21)/t13-/m0/s1. The molecule has 0 fully saturated rings. The van der Waals surface area contributed by atoms with Crippen molar-refractivity contribution in [3.63, 3.8) is 0 Å². The molecule has 1 aromatic rings. The van der Waals surface area contributed by atoms with E-state index in [2.05, 4.69) is 10.4 Å². The highest BCUT2D eigenvalue weighted by Crippen LogP contribution is 2.03. The van der Waals surface area contributed by atoms with E-state index in [9.17, 15) is 9.59 Å². The lowest BCUT2D eigenvalue weighted by atomic mass is 10.1. The Hall–Kier alpha value is -1.89. The van der Waals surface area contributed by atoms with Gasteiger partial charge in [-0.3, -0.25) is 14.3 Å². The summed E-state index contributed by atoms with van der Waals surface area (Å²) in [6.07, 6.45) is 3.59. The fourth-order valence-corrected chi connectivity index (χ4v) is 1.85. The van der Waals surface area contributed by atoms with Crippen LogP contribution in [0.1, 0.15) is 26.3 Å². The van der Waals surface area contributed by atoms with E-state index in [0.29, 0.717) is 13.1 Å². The third-order valence-electron chi connectivity index (χ3n) is 3.30. The molecule has 0 aliphatic carbocycles. The molecule has 7 heteroatoms. The summed E-state index contributed by atoms with van der Waals surface area (Å²) in [4.78, 5) is 25.5. The lowest BCUT2D eigenvalue weighted by Gasteiger charge is -2.21. The van der Waals surface area contributed by atoms with E-state index in [1.807, 2.05) is 34.0 Å². The number of carbonyl (C=O) groups excluding carboxylic acids is 2. The zero-order chi connectivity index (χ0) is 16.0. The minimum Gasteiger partial charge on any atom is -0.346 e. The molecule has 3 N–H and O–H groups in total. The number of likely N-dealkylation sites (N-methyl/N-ethyl adjacent to an activating group) is 1. The number of hydrogen-bond acceptors (Lipinski definition) is 4. The largest absolute Gasteiger partial charge is 0.346 e. The third kappa shape index (κ3) is 5.18. The SMILES string of the molecule is CCN(Cc1cnn(C)c1)C(=O)CNC(=O)[C@@H](N)C(C)C. The Balaban J connectivity index is 2.50. The first-order valence-corrected chi connectivity index (χ1v) is 7.13. The molecule has 118 valence electrons. The summed E-state index contributed by atoms with van der Waals surface area (Å²) in [5, 5.41) is 6.67. The average molecular weight is 295 g/mol. The van der Waals surface area contributed by atoms with Gasteiger partial charge in [-0.2, -0.15) is 5.10 Å². The van der Waals surface area contributed by atoms with Gasteiger partial charge in [0.2, 0.25) is 11.8 Å². The van der Waals surface area contributed by atoms with Crippen molar-refractivity contribution in [2.75, 3.05) is 13.1 Å². The van der Waals surface area contributed by atoms with Crippen molar-refractivity contribution < 1.29 is 9.59 Å². The normalized spacial score (nSPS) is 12.3. The van der Waals surface area contributed by atoms with Crippen LogP contribution in [-0.4, -0.2) is 45.6 Å². The number of aromatic nitrogens is 2. The number of nitrogens with two attached hydrogens (primary N) is 1. The molecule has 1 heterocycles. The number of rotatable bonds is 7. The molecule has 0 unspecified atom stereocenters. The Kier molecular flexibility index (Phi) is 6.36. The summed E-state index contributed by atoms with van der Waals surface area (Å²) >= 11 is 0. The van der Waals surface area contributed by atoms with Gasteiger partial charge in [0.15, 0.2) is 0 Å². The van der Waals surface area contributed by atoms with E-state index in [1.54, 1.807) is 15.8 Å². The van der Waals surface area contributed by atoms with E-state index < -0.39 is 6.04 Å². The topological polar surface area (TPSA) is 93.2 Å². The summed E-state index contributed by atoms with van der Waals surface area (Å²) in [7, 11) is 1.83. The second-order valence-electron chi connectivity index (χ2n) is 5.42. The minimum atomic E-state index is -0.591. The van der Waals surface area contributed by atoms with Gasteiger partial charge in [0.1, 0.15) is 0 Å². The van der Waals surface area contributed by atoms with Crippen molar-refractivity contribution in [3.8, 4) is 0 Å². The predicted octanol–water partition coefficient (Wildman–Crippen LogP) is -0.132. The lowest BCUT2D eigenvalue weighted by molar-refractivity contribution is -0.133. The van der Waals surface area contributed by atoms with E-state index in [1.165, 1.54) is 0 Å². The molecule has 0 aliphatic rings. The molecule has 0 bridgehead atoms. The lowest BCUT2D eigenvalue weighted by Crippen LogP contribution is -2.47. The second kappa shape index (κ2) is 7.78. The van der Waals surface area contributed by atoms with Gasteiger partial charge >= 0.3 is 0 Å². The van der Waals surface area contributed by atoms with Gasteiger partial charge in [-0.25, -0.2) is 0 Å². The van der Waals surface area contributed by atoms with E-state index >= 15 is 0 Å². The maximum atomic E-state index is 12.1. The van der Waals surface area contributed by atoms with Gasteiger partial charge in [-0.1, -0.05) is 13.8 Å². The van der Waals surface area contributed by atoms with Crippen LogP contribution >= 0.6 is 0 Å². The molecule has 0 saturated heterocycles. The molecule has 1 atom stereocenters. The van der Waals surface area contributed by atoms with E-state index in [0.717, 1.165) is 5.56 Å². The first-order valence-electron chi connectivity index (χ1n) is 7.13. The fraction of sp³-hybridized carbons (Fsp3) is 0.643. The summed E-state index contributed by atoms with van der Waals surface area (Å²) in [6.45, 7) is 6.65. The van der Waals surface area contributed by atoms with Crippen molar-refractivity contribution in [2.24, 2.45) is 18.7 Å². The Morgan fingerprint density at radius 1 is 1.48 bits per heavy atom. The van der Waals surface area contributed by atoms with E-state index in [4.69, 9.17) is 5.73 Å². The van der Waals surface area contributed by atoms with Crippen molar-refractivity contribution in [2.45, 2.75) is 33.4 Å². The third-order valence-corrected chi connectivity index (χ3v) is 3.30. The highest BCUT2D eigenvalue weighted by Gasteiger charge is 2.19. The number of hydrogen-bond donors (Lipinski definition) is 2. The molecular weight excluding hydrogens is 270 g/mol. The van der Waals surface area contributed by atoms with Gasteiger partial charge < -0.3 is 16.0 Å². The van der Waals surface area contributed by atoms with Crippen molar-refractivity contribution in [1.29, 1.82) is 0 Å².